The van der Waals surface area contributed by atoms with Crippen molar-refractivity contribution in [3.63, 3.8) is 0 Å². The zero-order chi connectivity index (χ0) is 19.2. The van der Waals surface area contributed by atoms with E-state index in [2.05, 4.69) is 23.5 Å². The van der Waals surface area contributed by atoms with Crippen molar-refractivity contribution in [2.24, 2.45) is 5.92 Å². The van der Waals surface area contributed by atoms with E-state index in [1.807, 2.05) is 17.1 Å². The van der Waals surface area contributed by atoms with E-state index in [0.29, 0.717) is 30.1 Å². The molecule has 6 nitrogen and oxygen atoms in total. The van der Waals surface area contributed by atoms with Crippen LogP contribution in [0.4, 0.5) is 0 Å². The molecule has 2 N–H and O–H groups in total. The Balaban J connectivity index is 1.75. The molecule has 3 rings (SSSR count). The zero-order valence-electron chi connectivity index (χ0n) is 15.9. The average molecular weight is 369 g/mol. The Morgan fingerprint density at radius 2 is 2.22 bits per heavy atom. The topological polar surface area (TPSA) is 74.7 Å². The van der Waals surface area contributed by atoms with Gasteiger partial charge in [0.1, 0.15) is 5.76 Å². The molecule has 0 aromatic heterocycles. The van der Waals surface area contributed by atoms with Gasteiger partial charge in [0.25, 0.3) is 5.91 Å². The van der Waals surface area contributed by atoms with Crippen LogP contribution in [0.1, 0.15) is 19.3 Å². The molecule has 1 fully saturated rings. The van der Waals surface area contributed by atoms with Crippen LogP contribution in [0, 0.1) is 11.3 Å². The number of carbonyl (C=O) groups is 1. The number of nitrogens with one attached hydrogen (secondary N) is 2. The van der Waals surface area contributed by atoms with Crippen LogP contribution in [-0.2, 0) is 14.3 Å². The summed E-state index contributed by atoms with van der Waals surface area (Å²) < 4.78 is 10.6. The maximum absolute atomic E-state index is 13.1. The minimum Gasteiger partial charge on any atom is -0.496 e. The first kappa shape index (κ1) is 19.2. The number of ether oxygens (including phenoxy) is 2. The van der Waals surface area contributed by atoms with Crippen molar-refractivity contribution >= 4 is 11.6 Å². The number of likely N-dealkylation sites (tertiary alicyclic amines) is 1. The zero-order valence-corrected chi connectivity index (χ0v) is 15.9. The monoisotopic (exact) mass is 369 g/mol. The number of allylic oxidation sites excluding steroid dienone is 5. The third kappa shape index (κ3) is 4.57. The molecule has 1 aliphatic carbocycles. The lowest BCUT2D eigenvalue weighted by Crippen LogP contribution is -2.39. The summed E-state index contributed by atoms with van der Waals surface area (Å²) in [6.45, 7) is 1.18. The second-order valence-corrected chi connectivity index (χ2v) is 6.85. The van der Waals surface area contributed by atoms with Crippen LogP contribution in [0.3, 0.4) is 0 Å². The van der Waals surface area contributed by atoms with Crippen molar-refractivity contribution in [2.75, 3.05) is 27.3 Å². The summed E-state index contributed by atoms with van der Waals surface area (Å²) in [4.78, 5) is 14.9. The maximum atomic E-state index is 13.1. The highest BCUT2D eigenvalue weighted by Crippen LogP contribution is 2.22. The first-order valence-corrected chi connectivity index (χ1v) is 9.27. The number of amides is 1. The molecular formula is C21H27N3O3. The molecule has 2 atom stereocenters. The fourth-order valence-electron chi connectivity index (χ4n) is 3.51. The first-order valence-electron chi connectivity index (χ1n) is 9.27. The third-order valence-corrected chi connectivity index (χ3v) is 5.02. The standard InChI is InChI=1S/C21H27N3O3/c1-26-19-12-16(13-23-20(19)27-2)21(25)24-10-6-9-18(22)17(14-24)11-15-7-4-3-5-8-15/h3-5,7,11-13,17,20,22-23H,6,8-10,14H2,1-2H3/b15-11+,22-18?. The minimum absolute atomic E-state index is 0.0441. The van der Waals surface area contributed by atoms with E-state index in [-0.39, 0.29) is 18.1 Å². The van der Waals surface area contributed by atoms with Crippen molar-refractivity contribution < 1.29 is 14.3 Å². The molecule has 3 aliphatic rings. The van der Waals surface area contributed by atoms with Crippen LogP contribution in [0.15, 0.2) is 59.6 Å². The molecule has 0 aromatic carbocycles. The van der Waals surface area contributed by atoms with Crippen molar-refractivity contribution in [3.05, 3.63) is 59.6 Å². The molecule has 1 amide bonds. The summed E-state index contributed by atoms with van der Waals surface area (Å²) in [7, 11) is 3.15. The smallest absolute Gasteiger partial charge is 0.255 e. The highest BCUT2D eigenvalue weighted by atomic mass is 16.5. The van der Waals surface area contributed by atoms with E-state index in [4.69, 9.17) is 14.9 Å². The maximum Gasteiger partial charge on any atom is 0.255 e. The summed E-state index contributed by atoms with van der Waals surface area (Å²) in [6.07, 6.45) is 15.8. The Bertz CT molecular complexity index is 746. The lowest BCUT2D eigenvalue weighted by molar-refractivity contribution is -0.127. The van der Waals surface area contributed by atoms with Gasteiger partial charge >= 0.3 is 0 Å². The van der Waals surface area contributed by atoms with Crippen LogP contribution >= 0.6 is 0 Å². The highest BCUT2D eigenvalue weighted by Gasteiger charge is 2.28. The van der Waals surface area contributed by atoms with Crippen molar-refractivity contribution in [1.82, 2.24) is 10.2 Å². The van der Waals surface area contributed by atoms with E-state index in [1.54, 1.807) is 26.5 Å². The molecule has 0 radical (unpaired) electrons. The van der Waals surface area contributed by atoms with E-state index in [9.17, 15) is 4.79 Å². The number of methoxy groups -OCH3 is 2. The number of dihydropyridines is 1. The van der Waals surface area contributed by atoms with Crippen LogP contribution in [0.5, 0.6) is 0 Å². The molecule has 2 unspecified atom stereocenters. The summed E-state index contributed by atoms with van der Waals surface area (Å²) in [5.41, 5.74) is 2.44. The van der Waals surface area contributed by atoms with Gasteiger partial charge in [-0.15, -0.1) is 0 Å². The van der Waals surface area contributed by atoms with Gasteiger partial charge in [-0.25, -0.2) is 0 Å². The molecule has 2 heterocycles. The quantitative estimate of drug-likeness (QED) is 0.799. The van der Waals surface area contributed by atoms with Gasteiger partial charge in [0.15, 0.2) is 6.23 Å². The average Bonchev–Trinajstić information content (AvgIpc) is 2.89. The molecule has 1 saturated heterocycles. The molecule has 144 valence electrons. The number of carbonyl (C=O) groups excluding carboxylic acids is 1. The Labute approximate surface area is 160 Å². The van der Waals surface area contributed by atoms with Crippen LogP contribution in [0.25, 0.3) is 0 Å². The molecule has 27 heavy (non-hydrogen) atoms. The number of rotatable bonds is 4. The van der Waals surface area contributed by atoms with Gasteiger partial charge in [-0.3, -0.25) is 4.79 Å². The van der Waals surface area contributed by atoms with Crippen LogP contribution in [-0.4, -0.2) is 50.1 Å². The van der Waals surface area contributed by atoms with E-state index >= 15 is 0 Å². The van der Waals surface area contributed by atoms with Crippen molar-refractivity contribution in [1.29, 1.82) is 5.41 Å². The Hall–Kier alpha value is -2.60. The Morgan fingerprint density at radius 3 is 2.93 bits per heavy atom. The predicted molar refractivity (Wildman–Crippen MR) is 105 cm³/mol. The number of hydrogen-bond donors (Lipinski definition) is 2. The van der Waals surface area contributed by atoms with Gasteiger partial charge in [-0.2, -0.15) is 0 Å². The lowest BCUT2D eigenvalue weighted by atomic mass is 9.95. The predicted octanol–water partition coefficient (Wildman–Crippen LogP) is 2.68. The Kier molecular flexibility index (Phi) is 6.29. The van der Waals surface area contributed by atoms with E-state index < -0.39 is 0 Å². The third-order valence-electron chi connectivity index (χ3n) is 5.02. The summed E-state index contributed by atoms with van der Waals surface area (Å²) in [5, 5.41) is 11.4. The summed E-state index contributed by atoms with van der Waals surface area (Å²) in [5.74, 6) is 0.477. The van der Waals surface area contributed by atoms with Gasteiger partial charge in [0.2, 0.25) is 0 Å². The number of nitrogens with zero attached hydrogens (tertiary/aromatic N) is 1. The van der Waals surface area contributed by atoms with Crippen molar-refractivity contribution in [2.45, 2.75) is 25.5 Å². The number of hydrogen-bond acceptors (Lipinski definition) is 5. The highest BCUT2D eigenvalue weighted by molar-refractivity contribution is 5.97. The molecule has 0 aromatic rings. The van der Waals surface area contributed by atoms with Crippen LogP contribution in [0.2, 0.25) is 0 Å². The lowest BCUT2D eigenvalue weighted by Gasteiger charge is -2.27. The van der Waals surface area contributed by atoms with Gasteiger partial charge < -0.3 is 25.1 Å². The normalized spacial score (nSPS) is 27.0. The SMILES string of the molecule is COC1=CC(C(=O)N2CCCC(=N)C(/C=C3\C=CC=CC3)C2)=CNC1OC. The van der Waals surface area contributed by atoms with Gasteiger partial charge in [-0.1, -0.05) is 30.4 Å². The summed E-state index contributed by atoms with van der Waals surface area (Å²) in [6, 6.07) is 0. The van der Waals surface area contributed by atoms with Gasteiger partial charge in [0.05, 0.1) is 12.7 Å². The summed E-state index contributed by atoms with van der Waals surface area (Å²) >= 11 is 0. The van der Waals surface area contributed by atoms with Gasteiger partial charge in [-0.05, 0) is 30.9 Å². The molecule has 2 aliphatic heterocycles. The molecule has 6 heteroatoms. The fourth-order valence-corrected chi connectivity index (χ4v) is 3.51. The fraction of sp³-hybridized carbons (Fsp3) is 0.429. The molecule has 0 saturated carbocycles. The first-order chi connectivity index (χ1) is 13.1. The molecular weight excluding hydrogens is 342 g/mol. The van der Waals surface area contributed by atoms with E-state index in [0.717, 1.165) is 19.3 Å². The van der Waals surface area contributed by atoms with Gasteiger partial charge in [0, 0.05) is 38.0 Å². The second-order valence-electron chi connectivity index (χ2n) is 6.85. The second kappa shape index (κ2) is 8.86. The van der Waals surface area contributed by atoms with Crippen molar-refractivity contribution in [3.8, 4) is 0 Å². The minimum atomic E-state index is -0.382. The largest absolute Gasteiger partial charge is 0.496 e. The Morgan fingerprint density at radius 1 is 1.37 bits per heavy atom. The molecule has 0 bridgehead atoms. The molecule has 0 spiro atoms. The van der Waals surface area contributed by atoms with Crippen LogP contribution < -0.4 is 5.32 Å². The van der Waals surface area contributed by atoms with E-state index in [1.165, 1.54) is 5.57 Å².